The summed E-state index contributed by atoms with van der Waals surface area (Å²) in [6, 6.07) is 18.1. The Balaban J connectivity index is 1.61. The van der Waals surface area contributed by atoms with Crippen LogP contribution in [0.15, 0.2) is 65.1 Å². The highest BCUT2D eigenvalue weighted by atomic mass is 35.5. The van der Waals surface area contributed by atoms with Crippen LogP contribution < -0.4 is 10.1 Å². The molecular formula is C19H16ClNO3. The van der Waals surface area contributed by atoms with E-state index in [9.17, 15) is 4.79 Å². The summed E-state index contributed by atoms with van der Waals surface area (Å²) < 4.78 is 11.2. The number of amides is 1. The van der Waals surface area contributed by atoms with Crippen LogP contribution in [0.25, 0.3) is 0 Å². The number of hydrogen-bond acceptors (Lipinski definition) is 3. The number of carbonyl (C=O) groups excluding carboxylic acids is 1. The molecule has 1 heterocycles. The highest BCUT2D eigenvalue weighted by Gasteiger charge is 2.13. The van der Waals surface area contributed by atoms with E-state index >= 15 is 0 Å². The third-order valence-electron chi connectivity index (χ3n) is 3.41. The smallest absolute Gasteiger partial charge is 0.291 e. The molecule has 5 heteroatoms. The molecule has 4 nitrogen and oxygen atoms in total. The van der Waals surface area contributed by atoms with Crippen molar-refractivity contribution in [2.75, 3.05) is 5.32 Å². The van der Waals surface area contributed by atoms with Crippen LogP contribution in [0, 0.1) is 6.92 Å². The molecule has 0 atom stereocenters. The van der Waals surface area contributed by atoms with Crippen LogP contribution in [0.1, 0.15) is 21.9 Å². The van der Waals surface area contributed by atoms with Gasteiger partial charge in [-0.3, -0.25) is 4.79 Å². The normalized spacial score (nSPS) is 10.4. The first-order valence-electron chi connectivity index (χ1n) is 7.46. The van der Waals surface area contributed by atoms with Crippen molar-refractivity contribution in [1.82, 2.24) is 0 Å². The molecular weight excluding hydrogens is 326 g/mol. The Morgan fingerprint density at radius 3 is 2.58 bits per heavy atom. The fourth-order valence-electron chi connectivity index (χ4n) is 2.11. The van der Waals surface area contributed by atoms with Crippen LogP contribution in [0.5, 0.6) is 5.75 Å². The summed E-state index contributed by atoms with van der Waals surface area (Å²) in [7, 11) is 0. The van der Waals surface area contributed by atoms with Crippen LogP contribution in [-0.2, 0) is 6.61 Å². The van der Waals surface area contributed by atoms with E-state index in [1.165, 1.54) is 5.56 Å². The van der Waals surface area contributed by atoms with E-state index in [4.69, 9.17) is 20.8 Å². The first-order chi connectivity index (χ1) is 11.6. The van der Waals surface area contributed by atoms with E-state index in [1.807, 2.05) is 31.2 Å². The monoisotopic (exact) mass is 341 g/mol. The van der Waals surface area contributed by atoms with E-state index in [1.54, 1.807) is 36.4 Å². The maximum absolute atomic E-state index is 12.2. The van der Waals surface area contributed by atoms with Crippen molar-refractivity contribution in [1.29, 1.82) is 0 Å². The molecule has 0 spiro atoms. The number of carbonyl (C=O) groups is 1. The lowest BCUT2D eigenvalue weighted by Gasteiger charge is -2.05. The van der Waals surface area contributed by atoms with Crippen LogP contribution in [0.4, 0.5) is 5.69 Å². The van der Waals surface area contributed by atoms with Gasteiger partial charge in [0.05, 0.1) is 10.7 Å². The standard InChI is InChI=1S/C19H16ClNO3/c1-13-6-8-14(9-7-13)23-12-15-10-11-18(24-15)19(22)21-17-5-3-2-4-16(17)20/h2-11H,12H2,1H3,(H,21,22). The lowest BCUT2D eigenvalue weighted by atomic mass is 10.2. The molecule has 0 aliphatic carbocycles. The van der Waals surface area contributed by atoms with Crippen LogP contribution >= 0.6 is 11.6 Å². The number of para-hydroxylation sites is 1. The lowest BCUT2D eigenvalue weighted by molar-refractivity contribution is 0.0992. The van der Waals surface area contributed by atoms with Gasteiger partial charge >= 0.3 is 0 Å². The van der Waals surface area contributed by atoms with Crippen molar-refractivity contribution >= 4 is 23.2 Å². The minimum Gasteiger partial charge on any atom is -0.486 e. The second-order valence-corrected chi connectivity index (χ2v) is 5.71. The molecule has 1 aromatic heterocycles. The summed E-state index contributed by atoms with van der Waals surface area (Å²) in [4.78, 5) is 12.2. The molecule has 3 aromatic rings. The summed E-state index contributed by atoms with van der Waals surface area (Å²) in [5.74, 6) is 1.17. The first kappa shape index (κ1) is 16.1. The maximum Gasteiger partial charge on any atom is 0.291 e. The Bertz CT molecular complexity index is 840. The van der Waals surface area contributed by atoms with E-state index in [0.717, 1.165) is 5.75 Å². The highest BCUT2D eigenvalue weighted by Crippen LogP contribution is 2.22. The molecule has 0 aliphatic rings. The molecule has 24 heavy (non-hydrogen) atoms. The molecule has 122 valence electrons. The third-order valence-corrected chi connectivity index (χ3v) is 3.74. The van der Waals surface area contributed by atoms with Gasteiger partial charge in [-0.2, -0.15) is 0 Å². The topological polar surface area (TPSA) is 51.5 Å². The van der Waals surface area contributed by atoms with Gasteiger partial charge in [-0.05, 0) is 43.3 Å². The number of nitrogens with one attached hydrogen (secondary N) is 1. The summed E-state index contributed by atoms with van der Waals surface area (Å²) in [5, 5.41) is 3.19. The van der Waals surface area contributed by atoms with Crippen molar-refractivity contribution < 1.29 is 13.9 Å². The van der Waals surface area contributed by atoms with E-state index in [2.05, 4.69) is 5.32 Å². The van der Waals surface area contributed by atoms with Gasteiger partial charge < -0.3 is 14.5 Å². The third kappa shape index (κ3) is 3.97. The van der Waals surface area contributed by atoms with Crippen molar-refractivity contribution in [3.8, 4) is 5.75 Å². The highest BCUT2D eigenvalue weighted by molar-refractivity contribution is 6.33. The molecule has 1 N–H and O–H groups in total. The zero-order chi connectivity index (χ0) is 16.9. The average Bonchev–Trinajstić information content (AvgIpc) is 3.06. The van der Waals surface area contributed by atoms with Gasteiger partial charge in [0.2, 0.25) is 0 Å². The van der Waals surface area contributed by atoms with Gasteiger partial charge in [0.25, 0.3) is 5.91 Å². The predicted molar refractivity (Wildman–Crippen MR) is 93.6 cm³/mol. The zero-order valence-electron chi connectivity index (χ0n) is 13.1. The molecule has 1 amide bonds. The fourth-order valence-corrected chi connectivity index (χ4v) is 2.30. The Kier molecular flexibility index (Phi) is 4.87. The largest absolute Gasteiger partial charge is 0.486 e. The summed E-state index contributed by atoms with van der Waals surface area (Å²) >= 11 is 6.02. The average molecular weight is 342 g/mol. The molecule has 3 rings (SSSR count). The Morgan fingerprint density at radius 2 is 1.83 bits per heavy atom. The van der Waals surface area contributed by atoms with Gasteiger partial charge in [-0.25, -0.2) is 0 Å². The molecule has 0 saturated carbocycles. The summed E-state index contributed by atoms with van der Waals surface area (Å²) in [6.45, 7) is 2.27. The maximum atomic E-state index is 12.2. The van der Waals surface area contributed by atoms with Gasteiger partial charge in [0, 0.05) is 0 Å². The number of furan rings is 1. The number of halogens is 1. The minimum absolute atomic E-state index is 0.206. The number of aryl methyl sites for hydroxylation is 1. The second-order valence-electron chi connectivity index (χ2n) is 5.30. The SMILES string of the molecule is Cc1ccc(OCc2ccc(C(=O)Nc3ccccc3Cl)o2)cc1. The molecule has 0 fully saturated rings. The Hall–Kier alpha value is -2.72. The predicted octanol–water partition coefficient (Wildman–Crippen LogP) is 5.07. The van der Waals surface area contributed by atoms with Crippen LogP contribution in [0.3, 0.4) is 0 Å². The number of anilines is 1. The van der Waals surface area contributed by atoms with Crippen molar-refractivity contribution in [2.45, 2.75) is 13.5 Å². The van der Waals surface area contributed by atoms with Crippen LogP contribution in [-0.4, -0.2) is 5.91 Å². The Morgan fingerprint density at radius 1 is 1.08 bits per heavy atom. The fraction of sp³-hybridized carbons (Fsp3) is 0.105. The lowest BCUT2D eigenvalue weighted by Crippen LogP contribution is -2.11. The number of ether oxygens (including phenoxy) is 1. The number of benzene rings is 2. The Labute approximate surface area is 145 Å². The molecule has 0 unspecified atom stereocenters. The second kappa shape index (κ2) is 7.23. The quantitative estimate of drug-likeness (QED) is 0.704. The number of rotatable bonds is 5. The zero-order valence-corrected chi connectivity index (χ0v) is 13.8. The molecule has 0 bridgehead atoms. The molecule has 0 saturated heterocycles. The first-order valence-corrected chi connectivity index (χ1v) is 7.84. The van der Waals surface area contributed by atoms with Crippen molar-refractivity contribution in [2.24, 2.45) is 0 Å². The van der Waals surface area contributed by atoms with E-state index in [0.29, 0.717) is 16.5 Å². The minimum atomic E-state index is -0.357. The molecule has 0 aliphatic heterocycles. The molecule has 0 radical (unpaired) electrons. The van der Waals surface area contributed by atoms with Gasteiger partial charge in [0.1, 0.15) is 18.1 Å². The van der Waals surface area contributed by atoms with Crippen molar-refractivity contribution in [3.05, 3.63) is 82.8 Å². The number of hydrogen-bond donors (Lipinski definition) is 1. The van der Waals surface area contributed by atoms with Gasteiger partial charge in [-0.1, -0.05) is 41.4 Å². The van der Waals surface area contributed by atoms with Gasteiger partial charge in [-0.15, -0.1) is 0 Å². The summed E-state index contributed by atoms with van der Waals surface area (Å²) in [6.07, 6.45) is 0. The van der Waals surface area contributed by atoms with Crippen LogP contribution in [0.2, 0.25) is 5.02 Å². The summed E-state index contributed by atoms with van der Waals surface area (Å²) in [5.41, 5.74) is 1.71. The van der Waals surface area contributed by atoms with Crippen molar-refractivity contribution in [3.63, 3.8) is 0 Å². The van der Waals surface area contributed by atoms with E-state index < -0.39 is 0 Å². The molecule has 2 aromatic carbocycles. The van der Waals surface area contributed by atoms with E-state index in [-0.39, 0.29) is 18.3 Å². The van der Waals surface area contributed by atoms with Gasteiger partial charge in [0.15, 0.2) is 5.76 Å².